The van der Waals surface area contributed by atoms with Crippen LogP contribution >= 0.6 is 0 Å². The first-order chi connectivity index (χ1) is 10.3. The Kier molecular flexibility index (Phi) is 3.85. The standard InChI is InChI=1S/C20H32O2/c1-5-18(2)10-8-15-14(12-18)6-7-16-19(15,3)11-9-17(22)20(16,4)13-21/h5,8,14,16-17,21-22H,1,6-7,9-13H2,2-4H3. The minimum absolute atomic E-state index is 0.0940. The molecule has 6 atom stereocenters. The van der Waals surface area contributed by atoms with Crippen molar-refractivity contribution in [1.29, 1.82) is 0 Å². The lowest BCUT2D eigenvalue weighted by atomic mass is 9.45. The number of hydrogen-bond donors (Lipinski definition) is 2. The lowest BCUT2D eigenvalue weighted by Gasteiger charge is -2.60. The van der Waals surface area contributed by atoms with Crippen LogP contribution < -0.4 is 0 Å². The van der Waals surface area contributed by atoms with Gasteiger partial charge in [0.1, 0.15) is 0 Å². The largest absolute Gasteiger partial charge is 0.396 e. The van der Waals surface area contributed by atoms with Gasteiger partial charge in [-0.2, -0.15) is 0 Å². The molecular formula is C20H32O2. The fourth-order valence-electron chi connectivity index (χ4n) is 5.87. The Bertz CT molecular complexity index is 496. The summed E-state index contributed by atoms with van der Waals surface area (Å²) in [5.41, 5.74) is 1.67. The maximum absolute atomic E-state index is 10.5. The molecule has 0 amide bonds. The summed E-state index contributed by atoms with van der Waals surface area (Å²) in [5, 5.41) is 20.5. The van der Waals surface area contributed by atoms with Crippen molar-refractivity contribution in [3.63, 3.8) is 0 Å². The second-order valence-electron chi connectivity index (χ2n) is 8.89. The first-order valence-electron chi connectivity index (χ1n) is 8.92. The number of fused-ring (bicyclic) bond motifs is 3. The third-order valence-electron chi connectivity index (χ3n) is 7.50. The molecular weight excluding hydrogens is 272 g/mol. The second kappa shape index (κ2) is 5.21. The molecule has 2 saturated carbocycles. The van der Waals surface area contributed by atoms with Crippen LogP contribution in [-0.2, 0) is 0 Å². The van der Waals surface area contributed by atoms with E-state index < -0.39 is 0 Å². The van der Waals surface area contributed by atoms with E-state index in [0.29, 0.717) is 11.8 Å². The van der Waals surface area contributed by atoms with E-state index in [1.165, 1.54) is 12.8 Å². The smallest absolute Gasteiger partial charge is 0.0619 e. The number of rotatable bonds is 2. The maximum atomic E-state index is 10.5. The van der Waals surface area contributed by atoms with Crippen molar-refractivity contribution >= 4 is 0 Å². The molecule has 22 heavy (non-hydrogen) atoms. The van der Waals surface area contributed by atoms with Crippen molar-refractivity contribution in [3.05, 3.63) is 24.3 Å². The van der Waals surface area contributed by atoms with Gasteiger partial charge in [0.2, 0.25) is 0 Å². The summed E-state index contributed by atoms with van der Waals surface area (Å²) < 4.78 is 0. The Morgan fingerprint density at radius 1 is 1.27 bits per heavy atom. The molecule has 3 aliphatic rings. The molecule has 6 unspecified atom stereocenters. The second-order valence-corrected chi connectivity index (χ2v) is 8.89. The zero-order chi connectivity index (χ0) is 16.2. The Morgan fingerprint density at radius 2 is 2.00 bits per heavy atom. The summed E-state index contributed by atoms with van der Waals surface area (Å²) in [6.07, 6.45) is 10.7. The van der Waals surface area contributed by atoms with Crippen molar-refractivity contribution in [1.82, 2.24) is 0 Å². The molecule has 0 aromatic carbocycles. The minimum atomic E-state index is -0.366. The number of aliphatic hydroxyl groups is 2. The molecule has 0 aromatic rings. The Balaban J connectivity index is 1.98. The van der Waals surface area contributed by atoms with Crippen LogP contribution in [0.2, 0.25) is 0 Å². The summed E-state index contributed by atoms with van der Waals surface area (Å²) >= 11 is 0. The van der Waals surface area contributed by atoms with Crippen LogP contribution in [0.25, 0.3) is 0 Å². The lowest BCUT2D eigenvalue weighted by Crippen LogP contribution is -2.56. The van der Waals surface area contributed by atoms with Gasteiger partial charge in [-0.15, -0.1) is 6.58 Å². The van der Waals surface area contributed by atoms with Gasteiger partial charge >= 0.3 is 0 Å². The molecule has 124 valence electrons. The van der Waals surface area contributed by atoms with E-state index in [4.69, 9.17) is 0 Å². The highest BCUT2D eigenvalue weighted by Crippen LogP contribution is 2.63. The highest BCUT2D eigenvalue weighted by Gasteiger charge is 2.57. The first-order valence-corrected chi connectivity index (χ1v) is 8.92. The van der Waals surface area contributed by atoms with Gasteiger partial charge in [0, 0.05) is 5.41 Å². The molecule has 2 N–H and O–H groups in total. The van der Waals surface area contributed by atoms with Crippen molar-refractivity contribution in [2.24, 2.45) is 28.1 Å². The van der Waals surface area contributed by atoms with Gasteiger partial charge in [0.05, 0.1) is 12.7 Å². The molecule has 0 heterocycles. The van der Waals surface area contributed by atoms with Crippen LogP contribution in [0, 0.1) is 28.1 Å². The van der Waals surface area contributed by atoms with E-state index in [0.717, 1.165) is 25.7 Å². The van der Waals surface area contributed by atoms with Crippen LogP contribution in [0.1, 0.15) is 59.3 Å². The summed E-state index contributed by atoms with van der Waals surface area (Å²) in [5.74, 6) is 1.06. The van der Waals surface area contributed by atoms with Crippen LogP contribution in [0.4, 0.5) is 0 Å². The molecule has 0 aromatic heterocycles. The van der Waals surface area contributed by atoms with Gasteiger partial charge in [-0.05, 0) is 61.2 Å². The van der Waals surface area contributed by atoms with Gasteiger partial charge < -0.3 is 10.2 Å². The molecule has 3 rings (SSSR count). The van der Waals surface area contributed by atoms with Crippen molar-refractivity contribution in [2.45, 2.75) is 65.4 Å². The SMILES string of the molecule is C=CC1(C)CC=C2C(CCC3C2(C)CCC(O)C3(C)CO)C1. The van der Waals surface area contributed by atoms with E-state index in [1.54, 1.807) is 5.57 Å². The zero-order valence-electron chi connectivity index (χ0n) is 14.4. The van der Waals surface area contributed by atoms with Crippen LogP contribution in [0.3, 0.4) is 0 Å². The lowest BCUT2D eigenvalue weighted by molar-refractivity contribution is -0.132. The molecule has 2 heteroatoms. The molecule has 3 aliphatic carbocycles. The summed E-state index contributed by atoms with van der Waals surface area (Å²) in [6, 6.07) is 0. The summed E-state index contributed by atoms with van der Waals surface area (Å²) in [7, 11) is 0. The highest BCUT2D eigenvalue weighted by atomic mass is 16.3. The predicted octanol–water partition coefficient (Wildman–Crippen LogP) is 4.08. The highest BCUT2D eigenvalue weighted by molar-refractivity contribution is 5.29. The quantitative estimate of drug-likeness (QED) is 0.755. The van der Waals surface area contributed by atoms with Crippen molar-refractivity contribution in [2.75, 3.05) is 6.61 Å². The van der Waals surface area contributed by atoms with Gasteiger partial charge in [0.25, 0.3) is 0 Å². The monoisotopic (exact) mass is 304 g/mol. The van der Waals surface area contributed by atoms with E-state index >= 15 is 0 Å². The first kappa shape index (κ1) is 16.3. The molecule has 2 nitrogen and oxygen atoms in total. The molecule has 0 radical (unpaired) electrons. The number of hydrogen-bond acceptors (Lipinski definition) is 2. The normalized spacial score (nSPS) is 51.5. The van der Waals surface area contributed by atoms with Gasteiger partial charge in [-0.3, -0.25) is 0 Å². The molecule has 0 spiro atoms. The average Bonchev–Trinajstić information content (AvgIpc) is 2.51. The van der Waals surface area contributed by atoms with E-state index in [-0.39, 0.29) is 29.0 Å². The summed E-state index contributed by atoms with van der Waals surface area (Å²) in [4.78, 5) is 0. The van der Waals surface area contributed by atoms with Gasteiger partial charge in [-0.1, -0.05) is 38.5 Å². The average molecular weight is 304 g/mol. The Labute approximate surface area is 135 Å². The fraction of sp³-hybridized carbons (Fsp3) is 0.800. The molecule has 0 saturated heterocycles. The maximum Gasteiger partial charge on any atom is 0.0619 e. The minimum Gasteiger partial charge on any atom is -0.396 e. The number of allylic oxidation sites excluding steroid dienone is 3. The predicted molar refractivity (Wildman–Crippen MR) is 90.4 cm³/mol. The van der Waals surface area contributed by atoms with E-state index in [9.17, 15) is 10.2 Å². The van der Waals surface area contributed by atoms with Gasteiger partial charge in [-0.25, -0.2) is 0 Å². The number of aliphatic hydroxyl groups excluding tert-OH is 2. The summed E-state index contributed by atoms with van der Waals surface area (Å²) in [6.45, 7) is 11.0. The Morgan fingerprint density at radius 3 is 2.64 bits per heavy atom. The van der Waals surface area contributed by atoms with Crippen LogP contribution in [0.5, 0.6) is 0 Å². The Hall–Kier alpha value is -0.600. The topological polar surface area (TPSA) is 40.5 Å². The van der Waals surface area contributed by atoms with Crippen LogP contribution in [-0.4, -0.2) is 22.9 Å². The van der Waals surface area contributed by atoms with Crippen molar-refractivity contribution in [3.8, 4) is 0 Å². The fourth-order valence-corrected chi connectivity index (χ4v) is 5.87. The van der Waals surface area contributed by atoms with Crippen molar-refractivity contribution < 1.29 is 10.2 Å². The van der Waals surface area contributed by atoms with E-state index in [2.05, 4.69) is 39.5 Å². The molecule has 0 bridgehead atoms. The molecule has 2 fully saturated rings. The van der Waals surface area contributed by atoms with Gasteiger partial charge in [0.15, 0.2) is 0 Å². The third-order valence-corrected chi connectivity index (χ3v) is 7.50. The third kappa shape index (κ3) is 2.14. The van der Waals surface area contributed by atoms with Crippen LogP contribution in [0.15, 0.2) is 24.3 Å². The molecule has 0 aliphatic heterocycles. The van der Waals surface area contributed by atoms with E-state index in [1.807, 2.05) is 0 Å². The zero-order valence-corrected chi connectivity index (χ0v) is 14.4.